The Labute approximate surface area is 147 Å². The zero-order valence-corrected chi connectivity index (χ0v) is 13.9. The molecule has 0 aliphatic heterocycles. The molecule has 2 aromatic carbocycles. The number of carbonyl (C=O) groups excluding carboxylic acids is 2. The molecule has 0 fully saturated rings. The zero-order valence-electron chi connectivity index (χ0n) is 13.1. The second kappa shape index (κ2) is 6.78. The number of carbonyl (C=O) groups is 2. The number of halogens is 1. The van der Waals surface area contributed by atoms with Crippen LogP contribution in [0.4, 0.5) is 11.4 Å². The van der Waals surface area contributed by atoms with Crippen molar-refractivity contribution in [2.45, 2.75) is 6.92 Å². The number of benzene rings is 2. The van der Waals surface area contributed by atoms with E-state index in [-0.39, 0.29) is 22.7 Å². The first-order chi connectivity index (χ1) is 11.9. The summed E-state index contributed by atoms with van der Waals surface area (Å²) >= 11 is 5.86. The molecule has 1 heterocycles. The van der Waals surface area contributed by atoms with Crippen LogP contribution in [0.2, 0.25) is 5.02 Å². The maximum absolute atomic E-state index is 12.3. The third-order valence-electron chi connectivity index (χ3n) is 3.38. The highest BCUT2D eigenvalue weighted by molar-refractivity contribution is 6.31. The Bertz CT molecular complexity index is 1030. The van der Waals surface area contributed by atoms with Crippen molar-refractivity contribution in [3.63, 3.8) is 0 Å². The predicted molar refractivity (Wildman–Crippen MR) is 96.2 cm³/mol. The van der Waals surface area contributed by atoms with Crippen molar-refractivity contribution in [2.24, 2.45) is 0 Å². The van der Waals surface area contributed by atoms with Gasteiger partial charge in [-0.15, -0.1) is 0 Å². The summed E-state index contributed by atoms with van der Waals surface area (Å²) in [7, 11) is 0. The highest BCUT2D eigenvalue weighted by Gasteiger charge is 2.13. The van der Waals surface area contributed by atoms with E-state index in [4.69, 9.17) is 16.0 Å². The van der Waals surface area contributed by atoms with Crippen LogP contribution in [-0.4, -0.2) is 11.8 Å². The fourth-order valence-corrected chi connectivity index (χ4v) is 2.45. The monoisotopic (exact) mass is 356 g/mol. The SMILES string of the molecule is CC(=O)Nc1ccc(NC(=O)c2cc(=O)c3cc(Cl)ccc3o2)cc1. The van der Waals surface area contributed by atoms with E-state index in [1.165, 1.54) is 19.1 Å². The van der Waals surface area contributed by atoms with Gasteiger partial charge in [0.2, 0.25) is 5.91 Å². The Kier molecular flexibility index (Phi) is 4.54. The quantitative estimate of drug-likeness (QED) is 0.749. The van der Waals surface area contributed by atoms with Crippen LogP contribution in [0.25, 0.3) is 11.0 Å². The number of amides is 2. The molecule has 0 aliphatic carbocycles. The number of rotatable bonds is 3. The molecule has 0 aliphatic rings. The minimum absolute atomic E-state index is 0.106. The molecule has 3 aromatic rings. The van der Waals surface area contributed by atoms with E-state index in [0.29, 0.717) is 21.8 Å². The maximum Gasteiger partial charge on any atom is 0.291 e. The van der Waals surface area contributed by atoms with Crippen LogP contribution in [-0.2, 0) is 4.79 Å². The largest absolute Gasteiger partial charge is 0.451 e. The lowest BCUT2D eigenvalue weighted by molar-refractivity contribution is -0.114. The van der Waals surface area contributed by atoms with Gasteiger partial charge in [0.25, 0.3) is 5.91 Å². The minimum Gasteiger partial charge on any atom is -0.451 e. The Morgan fingerprint density at radius 2 is 1.60 bits per heavy atom. The summed E-state index contributed by atoms with van der Waals surface area (Å²) in [5.74, 6) is -0.846. The summed E-state index contributed by atoms with van der Waals surface area (Å²) in [6, 6.07) is 12.3. The van der Waals surface area contributed by atoms with Crippen LogP contribution < -0.4 is 16.1 Å². The zero-order chi connectivity index (χ0) is 18.0. The van der Waals surface area contributed by atoms with Gasteiger partial charge in [0, 0.05) is 29.4 Å². The first-order valence-corrected chi connectivity index (χ1v) is 7.72. The molecular formula is C18H13ClN2O4. The van der Waals surface area contributed by atoms with E-state index in [1.807, 2.05) is 0 Å². The molecule has 7 heteroatoms. The normalized spacial score (nSPS) is 10.5. The molecule has 2 N–H and O–H groups in total. The van der Waals surface area contributed by atoms with E-state index in [9.17, 15) is 14.4 Å². The predicted octanol–water partition coefficient (Wildman–Crippen LogP) is 3.66. The lowest BCUT2D eigenvalue weighted by atomic mass is 10.2. The van der Waals surface area contributed by atoms with Crippen LogP contribution in [0.15, 0.2) is 57.7 Å². The summed E-state index contributed by atoms with van der Waals surface area (Å²) in [6.45, 7) is 1.41. The standard InChI is InChI=1S/C18H13ClN2O4/c1-10(22)20-12-3-5-13(6-4-12)21-18(24)17-9-15(23)14-8-11(19)2-7-16(14)25-17/h2-9H,1H3,(H,20,22)(H,21,24). The number of anilines is 2. The second-order valence-electron chi connectivity index (χ2n) is 5.33. The fourth-order valence-electron chi connectivity index (χ4n) is 2.27. The van der Waals surface area contributed by atoms with Crippen LogP contribution >= 0.6 is 11.6 Å². The molecular weight excluding hydrogens is 344 g/mol. The molecule has 126 valence electrons. The highest BCUT2D eigenvalue weighted by Crippen LogP contribution is 2.19. The lowest BCUT2D eigenvalue weighted by Gasteiger charge is -2.07. The van der Waals surface area contributed by atoms with Gasteiger partial charge in [0.05, 0.1) is 5.39 Å². The Hall–Kier alpha value is -3.12. The van der Waals surface area contributed by atoms with E-state index < -0.39 is 5.91 Å². The molecule has 0 saturated heterocycles. The van der Waals surface area contributed by atoms with Crippen molar-refractivity contribution >= 4 is 45.8 Å². The summed E-state index contributed by atoms with van der Waals surface area (Å²) in [5.41, 5.74) is 1.04. The molecule has 3 rings (SSSR count). The van der Waals surface area contributed by atoms with Crippen molar-refractivity contribution in [2.75, 3.05) is 10.6 Å². The third kappa shape index (κ3) is 3.87. The molecule has 2 amide bonds. The lowest BCUT2D eigenvalue weighted by Crippen LogP contribution is -2.15. The topological polar surface area (TPSA) is 88.4 Å². The van der Waals surface area contributed by atoms with E-state index >= 15 is 0 Å². The van der Waals surface area contributed by atoms with Gasteiger partial charge in [-0.05, 0) is 42.5 Å². The molecule has 0 radical (unpaired) electrons. The van der Waals surface area contributed by atoms with E-state index in [1.54, 1.807) is 30.3 Å². The molecule has 25 heavy (non-hydrogen) atoms. The van der Waals surface area contributed by atoms with Crippen LogP contribution in [0.5, 0.6) is 0 Å². The average molecular weight is 357 g/mol. The van der Waals surface area contributed by atoms with Gasteiger partial charge >= 0.3 is 0 Å². The summed E-state index contributed by atoms with van der Waals surface area (Å²) in [5, 5.41) is 5.98. The van der Waals surface area contributed by atoms with Crippen molar-refractivity contribution < 1.29 is 14.0 Å². The van der Waals surface area contributed by atoms with E-state index in [2.05, 4.69) is 10.6 Å². The smallest absolute Gasteiger partial charge is 0.291 e. The summed E-state index contributed by atoms with van der Waals surface area (Å²) < 4.78 is 5.48. The van der Waals surface area contributed by atoms with Gasteiger partial charge in [-0.2, -0.15) is 0 Å². The minimum atomic E-state index is -0.554. The number of hydrogen-bond donors (Lipinski definition) is 2. The fraction of sp³-hybridized carbons (Fsp3) is 0.0556. The van der Waals surface area contributed by atoms with Crippen LogP contribution in [0.3, 0.4) is 0 Å². The second-order valence-corrected chi connectivity index (χ2v) is 5.76. The first-order valence-electron chi connectivity index (χ1n) is 7.35. The number of nitrogens with one attached hydrogen (secondary N) is 2. The Morgan fingerprint density at radius 1 is 0.960 bits per heavy atom. The van der Waals surface area contributed by atoms with Gasteiger partial charge in [-0.1, -0.05) is 11.6 Å². The van der Waals surface area contributed by atoms with Gasteiger partial charge in [-0.25, -0.2) is 0 Å². The third-order valence-corrected chi connectivity index (χ3v) is 3.61. The van der Waals surface area contributed by atoms with Crippen molar-refractivity contribution in [3.05, 3.63) is 69.5 Å². The van der Waals surface area contributed by atoms with E-state index in [0.717, 1.165) is 6.07 Å². The van der Waals surface area contributed by atoms with Crippen molar-refractivity contribution in [1.82, 2.24) is 0 Å². The van der Waals surface area contributed by atoms with Crippen LogP contribution in [0, 0.1) is 0 Å². The van der Waals surface area contributed by atoms with Gasteiger partial charge in [0.1, 0.15) is 5.58 Å². The molecule has 0 bridgehead atoms. The Morgan fingerprint density at radius 3 is 2.24 bits per heavy atom. The van der Waals surface area contributed by atoms with Crippen molar-refractivity contribution in [3.8, 4) is 0 Å². The van der Waals surface area contributed by atoms with Gasteiger partial charge < -0.3 is 15.1 Å². The molecule has 6 nitrogen and oxygen atoms in total. The first kappa shape index (κ1) is 16.7. The molecule has 0 atom stereocenters. The molecule has 1 aromatic heterocycles. The summed E-state index contributed by atoms with van der Waals surface area (Å²) in [4.78, 5) is 35.4. The van der Waals surface area contributed by atoms with Crippen molar-refractivity contribution in [1.29, 1.82) is 0 Å². The maximum atomic E-state index is 12.3. The summed E-state index contributed by atoms with van der Waals surface area (Å²) in [6.07, 6.45) is 0. The molecule has 0 unspecified atom stereocenters. The van der Waals surface area contributed by atoms with Gasteiger partial charge in [0.15, 0.2) is 11.2 Å². The van der Waals surface area contributed by atoms with Crippen LogP contribution in [0.1, 0.15) is 17.5 Å². The molecule has 0 spiro atoms. The molecule has 0 saturated carbocycles. The average Bonchev–Trinajstić information content (AvgIpc) is 2.56. The van der Waals surface area contributed by atoms with Gasteiger partial charge in [-0.3, -0.25) is 14.4 Å². The Balaban J connectivity index is 1.83. The number of hydrogen-bond acceptors (Lipinski definition) is 4. The number of fused-ring (bicyclic) bond motifs is 1. The highest BCUT2D eigenvalue weighted by atomic mass is 35.5.